The van der Waals surface area contributed by atoms with Crippen molar-refractivity contribution in [2.24, 2.45) is 0 Å². The molecule has 0 fully saturated rings. The quantitative estimate of drug-likeness (QED) is 0.626. The number of hydrogen-bond donors (Lipinski definition) is 0. The Morgan fingerprint density at radius 1 is 1.31 bits per heavy atom. The van der Waals surface area contributed by atoms with Gasteiger partial charge in [-0.15, -0.1) is 0 Å². The van der Waals surface area contributed by atoms with E-state index in [9.17, 15) is 4.79 Å². The lowest BCUT2D eigenvalue weighted by atomic mass is 9.95. The fourth-order valence-corrected chi connectivity index (χ4v) is 2.09. The molecule has 3 heteroatoms. The smallest absolute Gasteiger partial charge is 0.176 e. The zero-order valence-electron chi connectivity index (χ0n) is 10.3. The predicted octanol–water partition coefficient (Wildman–Crippen LogP) is 3.59. The molecule has 1 rings (SSSR count). The lowest BCUT2D eigenvalue weighted by Gasteiger charge is -2.15. The van der Waals surface area contributed by atoms with Gasteiger partial charge >= 0.3 is 0 Å². The van der Waals surface area contributed by atoms with Crippen LogP contribution in [0.4, 0.5) is 0 Å². The van der Waals surface area contributed by atoms with Crippen LogP contribution in [0.1, 0.15) is 34.0 Å². The molecule has 0 amide bonds. The normalized spacial score (nSPS) is 12.4. The van der Waals surface area contributed by atoms with Crippen LogP contribution in [0.25, 0.3) is 0 Å². The van der Waals surface area contributed by atoms with Crippen molar-refractivity contribution in [3.63, 3.8) is 0 Å². The van der Waals surface area contributed by atoms with E-state index >= 15 is 0 Å². The molecule has 0 bridgehead atoms. The summed E-state index contributed by atoms with van der Waals surface area (Å²) in [5, 5.41) is 0. The Bertz CT molecular complexity index is 422. The van der Waals surface area contributed by atoms with Crippen LogP contribution in [0.5, 0.6) is 5.75 Å². The Labute approximate surface area is 105 Å². The van der Waals surface area contributed by atoms with E-state index in [-0.39, 0.29) is 10.6 Å². The van der Waals surface area contributed by atoms with Crippen molar-refractivity contribution in [3.8, 4) is 5.75 Å². The van der Waals surface area contributed by atoms with E-state index in [4.69, 9.17) is 4.74 Å². The van der Waals surface area contributed by atoms with E-state index in [2.05, 4.69) is 15.9 Å². The van der Waals surface area contributed by atoms with Gasteiger partial charge in [-0.3, -0.25) is 4.79 Å². The van der Waals surface area contributed by atoms with Crippen molar-refractivity contribution in [2.75, 3.05) is 7.11 Å². The minimum atomic E-state index is -0.154. The molecule has 88 valence electrons. The van der Waals surface area contributed by atoms with Gasteiger partial charge in [0.05, 0.1) is 11.9 Å². The van der Waals surface area contributed by atoms with Crippen molar-refractivity contribution in [3.05, 3.63) is 28.3 Å². The Balaban J connectivity index is 3.40. The molecular weight excluding hydrogens is 268 g/mol. The second kappa shape index (κ2) is 5.00. The van der Waals surface area contributed by atoms with E-state index in [0.717, 1.165) is 28.0 Å². The number of ether oxygens (including phenoxy) is 1. The first-order chi connectivity index (χ1) is 7.40. The number of alkyl halides is 1. The molecule has 0 radical (unpaired) electrons. The van der Waals surface area contributed by atoms with Crippen molar-refractivity contribution < 1.29 is 9.53 Å². The Morgan fingerprint density at radius 2 is 1.88 bits per heavy atom. The van der Waals surface area contributed by atoms with Gasteiger partial charge < -0.3 is 4.74 Å². The second-order valence-corrected chi connectivity index (χ2v) is 5.38. The summed E-state index contributed by atoms with van der Waals surface area (Å²) in [6, 6.07) is 1.90. The number of Topliss-reactive ketones (excluding diaryl/α,β-unsaturated/α-hetero) is 1. The molecule has 0 aliphatic rings. The number of carbonyl (C=O) groups is 1. The molecule has 0 saturated heterocycles. The highest BCUT2D eigenvalue weighted by Crippen LogP contribution is 2.29. The van der Waals surface area contributed by atoms with Crippen molar-refractivity contribution in [1.82, 2.24) is 0 Å². The molecule has 0 aromatic heterocycles. The van der Waals surface area contributed by atoms with E-state index in [1.54, 1.807) is 7.11 Å². The van der Waals surface area contributed by atoms with Gasteiger partial charge in [0, 0.05) is 5.56 Å². The van der Waals surface area contributed by atoms with Crippen LogP contribution in [-0.4, -0.2) is 17.7 Å². The zero-order chi connectivity index (χ0) is 12.5. The van der Waals surface area contributed by atoms with Gasteiger partial charge in [-0.05, 0) is 50.5 Å². The van der Waals surface area contributed by atoms with Gasteiger partial charge in [-0.25, -0.2) is 0 Å². The number of rotatable bonds is 3. The summed E-state index contributed by atoms with van der Waals surface area (Å²) in [4.78, 5) is 11.8. The first-order valence-electron chi connectivity index (χ1n) is 5.23. The summed E-state index contributed by atoms with van der Waals surface area (Å²) in [7, 11) is 1.66. The third-order valence-corrected chi connectivity index (χ3v) is 3.27. The fraction of sp³-hybridized carbons (Fsp3) is 0.462. The molecule has 0 saturated carbocycles. The maximum atomic E-state index is 12.0. The number of carbonyl (C=O) groups excluding carboxylic acids is 1. The maximum Gasteiger partial charge on any atom is 0.176 e. The molecule has 2 nitrogen and oxygen atoms in total. The van der Waals surface area contributed by atoms with E-state index < -0.39 is 0 Å². The van der Waals surface area contributed by atoms with Gasteiger partial charge in [0.15, 0.2) is 5.78 Å². The Hall–Kier alpha value is -0.830. The van der Waals surface area contributed by atoms with Crippen molar-refractivity contribution >= 4 is 21.7 Å². The fourth-order valence-electron chi connectivity index (χ4n) is 1.84. The van der Waals surface area contributed by atoms with Crippen molar-refractivity contribution in [1.29, 1.82) is 0 Å². The van der Waals surface area contributed by atoms with Crippen LogP contribution in [0, 0.1) is 20.8 Å². The highest BCUT2D eigenvalue weighted by Gasteiger charge is 2.18. The van der Waals surface area contributed by atoms with Gasteiger partial charge in [0.1, 0.15) is 5.75 Å². The Morgan fingerprint density at radius 3 is 2.31 bits per heavy atom. The third kappa shape index (κ3) is 2.29. The topological polar surface area (TPSA) is 26.3 Å². The summed E-state index contributed by atoms with van der Waals surface area (Å²) in [5.74, 6) is 0.989. The lowest BCUT2D eigenvalue weighted by Crippen LogP contribution is -2.13. The number of aryl methyl sites for hydroxylation is 1. The molecular formula is C13H17BrO2. The number of hydrogen-bond acceptors (Lipinski definition) is 2. The molecule has 0 aliphatic heterocycles. The van der Waals surface area contributed by atoms with E-state index in [1.807, 2.05) is 33.8 Å². The molecule has 0 N–H and O–H groups in total. The van der Waals surface area contributed by atoms with Crippen LogP contribution >= 0.6 is 15.9 Å². The number of halogens is 1. The first-order valence-corrected chi connectivity index (χ1v) is 6.14. The molecule has 16 heavy (non-hydrogen) atoms. The maximum absolute atomic E-state index is 12.0. The monoisotopic (exact) mass is 284 g/mol. The average Bonchev–Trinajstić information content (AvgIpc) is 2.23. The summed E-state index contributed by atoms with van der Waals surface area (Å²) in [6.07, 6.45) is 0. The molecule has 1 aromatic rings. The van der Waals surface area contributed by atoms with Crippen LogP contribution in [-0.2, 0) is 0 Å². The minimum Gasteiger partial charge on any atom is -0.496 e. The molecule has 1 unspecified atom stereocenters. The molecule has 1 aromatic carbocycles. The molecule has 0 aliphatic carbocycles. The first kappa shape index (κ1) is 13.2. The molecule has 0 spiro atoms. The van der Waals surface area contributed by atoms with E-state index in [0.29, 0.717) is 0 Å². The van der Waals surface area contributed by atoms with Crippen LogP contribution < -0.4 is 4.74 Å². The number of methoxy groups -OCH3 is 1. The highest BCUT2D eigenvalue weighted by molar-refractivity contribution is 9.10. The van der Waals surface area contributed by atoms with Gasteiger partial charge in [-0.2, -0.15) is 0 Å². The molecule has 1 atom stereocenters. The summed E-state index contributed by atoms with van der Waals surface area (Å²) in [5.41, 5.74) is 3.82. The summed E-state index contributed by atoms with van der Waals surface area (Å²) < 4.78 is 5.33. The van der Waals surface area contributed by atoms with Gasteiger partial charge in [0.25, 0.3) is 0 Å². The SMILES string of the molecule is COc1c(C)cc(C(=O)C(C)Br)c(C)c1C. The average molecular weight is 285 g/mol. The van der Waals surface area contributed by atoms with Gasteiger partial charge in [-0.1, -0.05) is 15.9 Å². The number of benzene rings is 1. The summed E-state index contributed by atoms with van der Waals surface area (Å²) >= 11 is 3.31. The largest absolute Gasteiger partial charge is 0.496 e. The van der Waals surface area contributed by atoms with Crippen LogP contribution in [0.2, 0.25) is 0 Å². The van der Waals surface area contributed by atoms with Gasteiger partial charge in [0.2, 0.25) is 0 Å². The lowest BCUT2D eigenvalue weighted by molar-refractivity contribution is 0.0995. The third-order valence-electron chi connectivity index (χ3n) is 2.86. The van der Waals surface area contributed by atoms with Crippen LogP contribution in [0.3, 0.4) is 0 Å². The van der Waals surface area contributed by atoms with Crippen molar-refractivity contribution in [2.45, 2.75) is 32.5 Å². The predicted molar refractivity (Wildman–Crippen MR) is 69.9 cm³/mol. The number of ketones is 1. The summed E-state index contributed by atoms with van der Waals surface area (Å²) in [6.45, 7) is 7.74. The standard InChI is InChI=1S/C13H17BrO2/c1-7-6-11(12(15)10(4)14)8(2)9(3)13(7)16-5/h6,10H,1-5H3. The van der Waals surface area contributed by atoms with E-state index in [1.165, 1.54) is 0 Å². The van der Waals surface area contributed by atoms with Crippen LogP contribution in [0.15, 0.2) is 6.07 Å². The second-order valence-electron chi connectivity index (χ2n) is 4.00. The molecule has 0 heterocycles. The zero-order valence-corrected chi connectivity index (χ0v) is 11.9. The highest BCUT2D eigenvalue weighted by atomic mass is 79.9. The minimum absolute atomic E-state index is 0.117. The Kier molecular flexibility index (Phi) is 4.14.